The predicted octanol–water partition coefficient (Wildman–Crippen LogP) is 1.92. The number of ether oxygens (including phenoxy) is 1. The van der Waals surface area contributed by atoms with Gasteiger partial charge in [0.25, 0.3) is 5.79 Å². The van der Waals surface area contributed by atoms with Crippen molar-refractivity contribution in [2.45, 2.75) is 18.6 Å². The molecule has 0 bridgehead atoms. The van der Waals surface area contributed by atoms with Crippen LogP contribution in [0.25, 0.3) is 0 Å². The highest BCUT2D eigenvalue weighted by Gasteiger charge is 2.60. The smallest absolute Gasteiger partial charge is 0.355 e. The van der Waals surface area contributed by atoms with Gasteiger partial charge < -0.3 is 9.84 Å². The van der Waals surface area contributed by atoms with E-state index in [1.165, 1.54) is 18.2 Å². The number of hydrogen-bond acceptors (Lipinski definition) is 2. The molecule has 1 heterocycles. The lowest BCUT2D eigenvalue weighted by atomic mass is 10.0. The van der Waals surface area contributed by atoms with Gasteiger partial charge in [-0.1, -0.05) is 24.3 Å². The third-order valence-corrected chi connectivity index (χ3v) is 2.20. The van der Waals surface area contributed by atoms with Crippen molar-refractivity contribution in [1.29, 1.82) is 0 Å². The molecular weight excluding hydrogens is 197 g/mol. The molecular formula is C9H7F3O2. The highest BCUT2D eigenvalue weighted by atomic mass is 19.4. The summed E-state index contributed by atoms with van der Waals surface area (Å²) >= 11 is 0. The van der Waals surface area contributed by atoms with E-state index in [4.69, 9.17) is 0 Å². The maximum absolute atomic E-state index is 12.4. The van der Waals surface area contributed by atoms with Crippen LogP contribution in [0.15, 0.2) is 24.3 Å². The number of halogens is 3. The van der Waals surface area contributed by atoms with Crippen LogP contribution in [0.5, 0.6) is 0 Å². The van der Waals surface area contributed by atoms with Crippen LogP contribution in [-0.2, 0) is 17.1 Å². The fourth-order valence-corrected chi connectivity index (χ4v) is 1.47. The van der Waals surface area contributed by atoms with Gasteiger partial charge in [-0.15, -0.1) is 0 Å². The van der Waals surface area contributed by atoms with E-state index < -0.39 is 12.0 Å². The second-order valence-corrected chi connectivity index (χ2v) is 3.09. The topological polar surface area (TPSA) is 29.5 Å². The van der Waals surface area contributed by atoms with E-state index in [-0.39, 0.29) is 12.2 Å². The first-order valence-electron chi connectivity index (χ1n) is 3.96. The van der Waals surface area contributed by atoms with Crippen molar-refractivity contribution >= 4 is 0 Å². The van der Waals surface area contributed by atoms with E-state index in [9.17, 15) is 18.3 Å². The Balaban J connectivity index is 2.53. The summed E-state index contributed by atoms with van der Waals surface area (Å²) in [5, 5.41) is 9.33. The van der Waals surface area contributed by atoms with Crippen LogP contribution < -0.4 is 0 Å². The van der Waals surface area contributed by atoms with Crippen molar-refractivity contribution in [1.82, 2.24) is 0 Å². The number of fused-ring (bicyclic) bond motifs is 1. The number of hydrogen-bond donors (Lipinski definition) is 1. The zero-order chi connectivity index (χ0) is 10.4. The Labute approximate surface area is 77.9 Å². The monoisotopic (exact) mass is 204 g/mol. The average molecular weight is 204 g/mol. The molecule has 0 aliphatic carbocycles. The van der Waals surface area contributed by atoms with Crippen LogP contribution in [0.4, 0.5) is 13.2 Å². The molecule has 1 atom stereocenters. The van der Waals surface area contributed by atoms with Crippen LogP contribution in [0, 0.1) is 0 Å². The molecule has 1 aromatic carbocycles. The first-order valence-corrected chi connectivity index (χ1v) is 3.96. The van der Waals surface area contributed by atoms with Crippen molar-refractivity contribution in [3.63, 3.8) is 0 Å². The lowest BCUT2D eigenvalue weighted by Crippen LogP contribution is -2.41. The SMILES string of the molecule is OC1(C(F)(F)F)OCc2ccccc21. The third kappa shape index (κ3) is 1.13. The van der Waals surface area contributed by atoms with Crippen molar-refractivity contribution in [2.24, 2.45) is 0 Å². The van der Waals surface area contributed by atoms with Crippen molar-refractivity contribution in [2.75, 3.05) is 0 Å². The minimum absolute atomic E-state index is 0.215. The maximum atomic E-state index is 12.4. The lowest BCUT2D eigenvalue weighted by Gasteiger charge is -2.25. The van der Waals surface area contributed by atoms with E-state index >= 15 is 0 Å². The van der Waals surface area contributed by atoms with Gasteiger partial charge in [0, 0.05) is 5.56 Å². The summed E-state index contributed by atoms with van der Waals surface area (Å²) in [6.45, 7) is -0.216. The summed E-state index contributed by atoms with van der Waals surface area (Å²) in [7, 11) is 0. The van der Waals surface area contributed by atoms with E-state index in [0.717, 1.165) is 0 Å². The maximum Gasteiger partial charge on any atom is 0.448 e. The van der Waals surface area contributed by atoms with E-state index in [2.05, 4.69) is 4.74 Å². The molecule has 1 aromatic rings. The molecule has 1 N–H and O–H groups in total. The van der Waals surface area contributed by atoms with Gasteiger partial charge in [-0.2, -0.15) is 13.2 Å². The van der Waals surface area contributed by atoms with Crippen LogP contribution >= 0.6 is 0 Å². The molecule has 14 heavy (non-hydrogen) atoms. The Morgan fingerprint density at radius 3 is 2.57 bits per heavy atom. The zero-order valence-corrected chi connectivity index (χ0v) is 7.01. The molecule has 0 aromatic heterocycles. The third-order valence-electron chi connectivity index (χ3n) is 2.20. The van der Waals surface area contributed by atoms with Crippen molar-refractivity contribution in [3.05, 3.63) is 35.4 Å². The van der Waals surface area contributed by atoms with Gasteiger partial charge in [0.1, 0.15) is 0 Å². The van der Waals surface area contributed by atoms with Crippen LogP contribution in [0.1, 0.15) is 11.1 Å². The molecule has 2 rings (SSSR count). The van der Waals surface area contributed by atoms with Gasteiger partial charge >= 0.3 is 6.18 Å². The Kier molecular flexibility index (Phi) is 1.84. The van der Waals surface area contributed by atoms with Crippen LogP contribution in [-0.4, -0.2) is 11.3 Å². The second-order valence-electron chi connectivity index (χ2n) is 3.09. The molecule has 76 valence electrons. The summed E-state index contributed by atoms with van der Waals surface area (Å²) in [5.74, 6) is -3.14. The van der Waals surface area contributed by atoms with E-state index in [1.807, 2.05) is 0 Å². The predicted molar refractivity (Wildman–Crippen MR) is 41.2 cm³/mol. The lowest BCUT2D eigenvalue weighted by molar-refractivity contribution is -0.370. The molecule has 1 aliphatic heterocycles. The van der Waals surface area contributed by atoms with Gasteiger partial charge in [-0.3, -0.25) is 0 Å². The van der Waals surface area contributed by atoms with Gasteiger partial charge in [-0.25, -0.2) is 0 Å². The summed E-state index contributed by atoms with van der Waals surface area (Å²) in [6.07, 6.45) is -4.81. The fraction of sp³-hybridized carbons (Fsp3) is 0.333. The van der Waals surface area contributed by atoms with Gasteiger partial charge in [0.15, 0.2) is 0 Å². The molecule has 1 aliphatic rings. The summed E-state index contributed by atoms with van der Waals surface area (Å²) in [6, 6.07) is 5.75. The molecule has 0 saturated carbocycles. The summed E-state index contributed by atoms with van der Waals surface area (Å²) in [5.41, 5.74) is 0.153. The van der Waals surface area contributed by atoms with Gasteiger partial charge in [0.05, 0.1) is 6.61 Å². The Hall–Kier alpha value is -1.07. The molecule has 5 heteroatoms. The van der Waals surface area contributed by atoms with Gasteiger partial charge in [0.2, 0.25) is 0 Å². The van der Waals surface area contributed by atoms with E-state index in [0.29, 0.717) is 5.56 Å². The number of rotatable bonds is 0. The largest absolute Gasteiger partial charge is 0.448 e. The van der Waals surface area contributed by atoms with E-state index in [1.54, 1.807) is 6.07 Å². The molecule has 0 fully saturated rings. The molecule has 2 nitrogen and oxygen atoms in total. The number of benzene rings is 1. The summed E-state index contributed by atoms with van der Waals surface area (Å²) < 4.78 is 41.8. The molecule has 1 unspecified atom stereocenters. The average Bonchev–Trinajstić information content (AvgIpc) is 2.45. The van der Waals surface area contributed by atoms with Gasteiger partial charge in [-0.05, 0) is 5.56 Å². The molecule has 0 saturated heterocycles. The Morgan fingerprint density at radius 2 is 1.93 bits per heavy atom. The second kappa shape index (κ2) is 2.71. The van der Waals surface area contributed by atoms with Crippen LogP contribution in [0.2, 0.25) is 0 Å². The first-order chi connectivity index (χ1) is 6.45. The highest BCUT2D eigenvalue weighted by Crippen LogP contribution is 2.45. The number of aliphatic hydroxyl groups is 1. The zero-order valence-electron chi connectivity index (χ0n) is 7.01. The van der Waals surface area contributed by atoms with Crippen LogP contribution in [0.3, 0.4) is 0 Å². The first kappa shape index (κ1) is 9.48. The Morgan fingerprint density at radius 1 is 1.29 bits per heavy atom. The molecule has 0 amide bonds. The fourth-order valence-electron chi connectivity index (χ4n) is 1.47. The van der Waals surface area contributed by atoms with Crippen molar-refractivity contribution < 1.29 is 23.0 Å². The minimum Gasteiger partial charge on any atom is -0.355 e. The Bertz CT molecular complexity index is 361. The molecule has 0 radical (unpaired) electrons. The highest BCUT2D eigenvalue weighted by molar-refractivity contribution is 5.34. The van der Waals surface area contributed by atoms with Crippen molar-refractivity contribution in [3.8, 4) is 0 Å². The minimum atomic E-state index is -4.81. The standard InChI is InChI=1S/C9H7F3O2/c10-9(11,12)8(13)7-4-2-1-3-6(7)5-14-8/h1-4,13H,5H2. The quantitative estimate of drug-likeness (QED) is 0.699. The number of alkyl halides is 3. The summed E-state index contributed by atoms with van der Waals surface area (Å²) in [4.78, 5) is 0. The normalized spacial score (nSPS) is 26.3. The molecule has 0 spiro atoms.